The predicted octanol–water partition coefficient (Wildman–Crippen LogP) is 1.63. The number of carbonyl (C=O) groups is 2. The van der Waals surface area contributed by atoms with Gasteiger partial charge in [0.2, 0.25) is 0 Å². The van der Waals surface area contributed by atoms with Crippen molar-refractivity contribution in [3.63, 3.8) is 0 Å². The maximum Gasteiger partial charge on any atom is 0.317 e. The average Bonchev–Trinajstić information content (AvgIpc) is 2.72. The first-order valence-corrected chi connectivity index (χ1v) is 10.1. The minimum absolute atomic E-state index is 0.0572. The zero-order valence-corrected chi connectivity index (χ0v) is 14.7. The van der Waals surface area contributed by atoms with Crippen molar-refractivity contribution in [3.8, 4) is 0 Å². The molecule has 0 bridgehead atoms. The Labute approximate surface area is 146 Å². The first kappa shape index (κ1) is 17.7. The third-order valence-corrected chi connectivity index (χ3v) is 6.78. The number of carboxylic acid groups (broad SMARTS) is 1. The molecule has 0 atom stereocenters. The Balaban J connectivity index is 1.65. The Kier molecular flexibility index (Phi) is 4.99. The van der Waals surface area contributed by atoms with E-state index >= 15 is 0 Å². The minimum atomic E-state index is -3.38. The normalized spacial score (nSPS) is 25.5. The average molecular weight is 366 g/mol. The van der Waals surface area contributed by atoms with Crippen LogP contribution in [0.5, 0.6) is 0 Å². The highest BCUT2D eigenvalue weighted by atomic mass is 32.2. The molecule has 1 aromatic rings. The highest BCUT2D eigenvalue weighted by molar-refractivity contribution is 7.91. The molecule has 0 aromatic heterocycles. The Morgan fingerprint density at radius 2 is 1.80 bits per heavy atom. The van der Waals surface area contributed by atoms with Gasteiger partial charge in [0, 0.05) is 19.1 Å². The van der Waals surface area contributed by atoms with E-state index in [1.54, 1.807) is 24.3 Å². The van der Waals surface area contributed by atoms with Crippen LogP contribution in [0.25, 0.3) is 0 Å². The predicted molar refractivity (Wildman–Crippen MR) is 90.8 cm³/mol. The summed E-state index contributed by atoms with van der Waals surface area (Å²) < 4.78 is 24.7. The van der Waals surface area contributed by atoms with E-state index in [1.807, 2.05) is 0 Å². The van der Waals surface area contributed by atoms with Gasteiger partial charge < -0.3 is 15.3 Å². The molecule has 8 heteroatoms. The van der Waals surface area contributed by atoms with Crippen molar-refractivity contribution in [1.29, 1.82) is 0 Å². The summed E-state index contributed by atoms with van der Waals surface area (Å²) in [7, 11) is -3.38. The first-order chi connectivity index (χ1) is 11.9. The van der Waals surface area contributed by atoms with Crippen molar-refractivity contribution >= 4 is 21.8 Å². The Morgan fingerprint density at radius 1 is 1.12 bits per heavy atom. The molecule has 1 aliphatic carbocycles. The largest absolute Gasteiger partial charge is 0.481 e. The van der Waals surface area contributed by atoms with E-state index < -0.39 is 15.8 Å². The lowest BCUT2D eigenvalue weighted by molar-refractivity contribution is -0.142. The summed E-state index contributed by atoms with van der Waals surface area (Å²) >= 11 is 0. The van der Waals surface area contributed by atoms with E-state index in [9.17, 15) is 18.0 Å². The number of amides is 2. The molecule has 2 aliphatic rings. The van der Waals surface area contributed by atoms with Crippen molar-refractivity contribution in [2.45, 2.75) is 43.2 Å². The van der Waals surface area contributed by atoms with Crippen LogP contribution in [0.3, 0.4) is 0 Å². The van der Waals surface area contributed by atoms with Crippen LogP contribution in [0, 0.1) is 5.92 Å². The quantitative estimate of drug-likeness (QED) is 0.828. The van der Waals surface area contributed by atoms with Gasteiger partial charge in [0.15, 0.2) is 9.84 Å². The molecule has 1 saturated carbocycles. The van der Waals surface area contributed by atoms with Crippen LogP contribution < -0.4 is 5.32 Å². The lowest BCUT2D eigenvalue weighted by atomic mass is 9.86. The fourth-order valence-corrected chi connectivity index (χ4v) is 4.99. The lowest BCUT2D eigenvalue weighted by Crippen LogP contribution is -2.46. The Morgan fingerprint density at radius 3 is 2.48 bits per heavy atom. The number of nitrogens with one attached hydrogen (secondary N) is 1. The standard InChI is InChI=1S/C17H22N2O5S/c20-16(21)12-5-7-14(8-6-12)18-17(22)19-9-10-25(23,24)15-4-2-1-3-13(15)11-19/h1-4,12,14H,5-11H2,(H,18,22)(H,20,21). The van der Waals surface area contributed by atoms with Crippen LogP contribution in [-0.2, 0) is 21.2 Å². The van der Waals surface area contributed by atoms with E-state index in [2.05, 4.69) is 5.32 Å². The molecule has 0 saturated heterocycles. The Hall–Kier alpha value is -2.09. The molecule has 136 valence electrons. The minimum Gasteiger partial charge on any atom is -0.481 e. The smallest absolute Gasteiger partial charge is 0.317 e. The third kappa shape index (κ3) is 3.95. The number of aliphatic carboxylic acids is 1. The van der Waals surface area contributed by atoms with Crippen molar-refractivity contribution in [2.75, 3.05) is 12.3 Å². The second kappa shape index (κ2) is 7.03. The SMILES string of the molecule is O=C(O)C1CCC(NC(=O)N2CCS(=O)(=O)c3ccccc3C2)CC1. The number of rotatable bonds is 2. The topological polar surface area (TPSA) is 104 Å². The molecule has 1 fully saturated rings. The molecular weight excluding hydrogens is 344 g/mol. The van der Waals surface area contributed by atoms with Gasteiger partial charge in [-0.2, -0.15) is 0 Å². The van der Waals surface area contributed by atoms with E-state index in [4.69, 9.17) is 5.11 Å². The number of carboxylic acids is 1. The number of hydrogen-bond acceptors (Lipinski definition) is 4. The molecule has 1 heterocycles. The molecule has 7 nitrogen and oxygen atoms in total. The summed E-state index contributed by atoms with van der Waals surface area (Å²) in [5.41, 5.74) is 0.629. The number of urea groups is 1. The summed E-state index contributed by atoms with van der Waals surface area (Å²) in [6.07, 6.45) is 2.37. The van der Waals surface area contributed by atoms with Gasteiger partial charge in [0.05, 0.1) is 16.6 Å². The van der Waals surface area contributed by atoms with Crippen molar-refractivity contribution in [1.82, 2.24) is 10.2 Å². The number of nitrogens with zero attached hydrogens (tertiary/aromatic N) is 1. The van der Waals surface area contributed by atoms with Gasteiger partial charge >= 0.3 is 12.0 Å². The monoisotopic (exact) mass is 366 g/mol. The molecule has 0 radical (unpaired) electrons. The van der Waals surface area contributed by atoms with E-state index in [0.29, 0.717) is 36.1 Å². The summed E-state index contributed by atoms with van der Waals surface area (Å²) in [6.45, 7) is 0.402. The van der Waals surface area contributed by atoms with Crippen LogP contribution in [0.4, 0.5) is 4.79 Å². The van der Waals surface area contributed by atoms with Crippen molar-refractivity contribution in [3.05, 3.63) is 29.8 Å². The second-order valence-electron chi connectivity index (χ2n) is 6.68. The number of fused-ring (bicyclic) bond motifs is 1. The summed E-state index contributed by atoms with van der Waals surface area (Å²) in [4.78, 5) is 25.4. The van der Waals surface area contributed by atoms with Gasteiger partial charge in [0.25, 0.3) is 0 Å². The summed E-state index contributed by atoms with van der Waals surface area (Å²) in [6, 6.07) is 6.43. The summed E-state index contributed by atoms with van der Waals surface area (Å²) in [5, 5.41) is 12.0. The van der Waals surface area contributed by atoms with Crippen molar-refractivity contribution < 1.29 is 23.1 Å². The Bertz CT molecular complexity index is 769. The molecule has 3 rings (SSSR count). The molecule has 1 aliphatic heterocycles. The number of carbonyl (C=O) groups excluding carboxylic acids is 1. The number of benzene rings is 1. The molecule has 2 amide bonds. The van der Waals surface area contributed by atoms with Gasteiger partial charge in [-0.05, 0) is 37.3 Å². The van der Waals surface area contributed by atoms with Gasteiger partial charge in [-0.15, -0.1) is 0 Å². The molecule has 0 spiro atoms. The van der Waals surface area contributed by atoms with Crippen LogP contribution >= 0.6 is 0 Å². The number of hydrogen-bond donors (Lipinski definition) is 2. The summed E-state index contributed by atoms with van der Waals surface area (Å²) in [5.74, 6) is -1.20. The number of sulfone groups is 1. The highest BCUT2D eigenvalue weighted by Gasteiger charge is 2.30. The molecule has 2 N–H and O–H groups in total. The highest BCUT2D eigenvalue weighted by Crippen LogP contribution is 2.26. The lowest BCUT2D eigenvalue weighted by Gasteiger charge is -2.29. The fourth-order valence-electron chi connectivity index (χ4n) is 3.49. The van der Waals surface area contributed by atoms with Crippen LogP contribution in [0.2, 0.25) is 0 Å². The maximum absolute atomic E-state index is 12.6. The van der Waals surface area contributed by atoms with E-state index in [0.717, 1.165) is 0 Å². The van der Waals surface area contributed by atoms with Gasteiger partial charge in [-0.25, -0.2) is 13.2 Å². The zero-order chi connectivity index (χ0) is 18.0. The molecule has 1 aromatic carbocycles. The van der Waals surface area contributed by atoms with E-state index in [1.165, 1.54) is 4.90 Å². The van der Waals surface area contributed by atoms with E-state index in [-0.39, 0.29) is 36.8 Å². The molecular formula is C17H22N2O5S. The van der Waals surface area contributed by atoms with Gasteiger partial charge in [-0.3, -0.25) is 4.79 Å². The van der Waals surface area contributed by atoms with Crippen molar-refractivity contribution in [2.24, 2.45) is 5.92 Å². The van der Waals surface area contributed by atoms with Crippen LogP contribution in [0.1, 0.15) is 31.2 Å². The second-order valence-corrected chi connectivity index (χ2v) is 8.76. The molecule has 0 unspecified atom stereocenters. The van der Waals surface area contributed by atoms with Gasteiger partial charge in [-0.1, -0.05) is 18.2 Å². The molecule has 25 heavy (non-hydrogen) atoms. The van der Waals surface area contributed by atoms with Crippen LogP contribution in [0.15, 0.2) is 29.2 Å². The fraction of sp³-hybridized carbons (Fsp3) is 0.529. The van der Waals surface area contributed by atoms with Gasteiger partial charge in [0.1, 0.15) is 0 Å². The maximum atomic E-state index is 12.6. The third-order valence-electron chi connectivity index (χ3n) is 4.99. The van der Waals surface area contributed by atoms with Crippen LogP contribution in [-0.4, -0.2) is 48.8 Å². The first-order valence-electron chi connectivity index (χ1n) is 8.46. The zero-order valence-electron chi connectivity index (χ0n) is 13.8.